The first kappa shape index (κ1) is 19.9. The molecule has 21 heavy (non-hydrogen) atoms. The fourth-order valence-corrected chi connectivity index (χ4v) is 2.15. The molecule has 120 valence electrons. The summed E-state index contributed by atoms with van der Waals surface area (Å²) in [5, 5.41) is 2.99. The van der Waals surface area contributed by atoms with Gasteiger partial charge in [0.05, 0.1) is 12.1 Å². The molecule has 1 aromatic rings. The number of carbonyl (C=O) groups is 1. The second-order valence-corrected chi connectivity index (χ2v) is 6.25. The molecule has 0 aromatic heterocycles. The SMILES string of the molecule is CCCC(N)C(=O)NC(c1ccc(F)cc1)C(C)(C)C.Cl. The average Bonchev–Trinajstić information content (AvgIpc) is 2.36. The Labute approximate surface area is 132 Å². The van der Waals surface area contributed by atoms with Crippen LogP contribution in [0, 0.1) is 11.2 Å². The monoisotopic (exact) mass is 316 g/mol. The summed E-state index contributed by atoms with van der Waals surface area (Å²) >= 11 is 0. The van der Waals surface area contributed by atoms with Gasteiger partial charge in [0.1, 0.15) is 5.82 Å². The van der Waals surface area contributed by atoms with Gasteiger partial charge in [-0.3, -0.25) is 4.79 Å². The van der Waals surface area contributed by atoms with Crippen LogP contribution in [-0.2, 0) is 4.79 Å². The first-order valence-electron chi connectivity index (χ1n) is 7.07. The summed E-state index contributed by atoms with van der Waals surface area (Å²) in [6.07, 6.45) is 1.53. The summed E-state index contributed by atoms with van der Waals surface area (Å²) in [6, 6.07) is 5.54. The van der Waals surface area contributed by atoms with Crippen LogP contribution in [0.2, 0.25) is 0 Å². The number of rotatable bonds is 5. The van der Waals surface area contributed by atoms with Gasteiger partial charge in [-0.1, -0.05) is 46.2 Å². The van der Waals surface area contributed by atoms with Crippen LogP contribution < -0.4 is 11.1 Å². The molecule has 2 atom stereocenters. The van der Waals surface area contributed by atoms with E-state index in [1.165, 1.54) is 12.1 Å². The summed E-state index contributed by atoms with van der Waals surface area (Å²) < 4.78 is 13.0. The minimum atomic E-state index is -0.495. The zero-order valence-electron chi connectivity index (χ0n) is 13.2. The average molecular weight is 317 g/mol. The van der Waals surface area contributed by atoms with Gasteiger partial charge >= 0.3 is 0 Å². The first-order valence-corrected chi connectivity index (χ1v) is 7.07. The maximum atomic E-state index is 13.0. The molecule has 5 heteroatoms. The van der Waals surface area contributed by atoms with Crippen LogP contribution in [0.5, 0.6) is 0 Å². The minimum absolute atomic E-state index is 0. The van der Waals surface area contributed by atoms with Gasteiger partial charge in [0, 0.05) is 0 Å². The Morgan fingerprint density at radius 3 is 2.24 bits per heavy atom. The summed E-state index contributed by atoms with van der Waals surface area (Å²) in [5.41, 5.74) is 6.55. The fraction of sp³-hybridized carbons (Fsp3) is 0.562. The number of nitrogens with two attached hydrogens (primary N) is 1. The molecule has 0 fully saturated rings. The normalized spacial score (nSPS) is 14.0. The van der Waals surface area contributed by atoms with Crippen molar-refractivity contribution in [3.05, 3.63) is 35.6 Å². The minimum Gasteiger partial charge on any atom is -0.347 e. The molecule has 1 rings (SSSR count). The van der Waals surface area contributed by atoms with E-state index in [1.54, 1.807) is 12.1 Å². The smallest absolute Gasteiger partial charge is 0.237 e. The Bertz CT molecular complexity index is 443. The largest absolute Gasteiger partial charge is 0.347 e. The van der Waals surface area contributed by atoms with Crippen LogP contribution in [-0.4, -0.2) is 11.9 Å². The second kappa shape index (κ2) is 8.35. The van der Waals surface area contributed by atoms with Crippen LogP contribution >= 0.6 is 12.4 Å². The maximum absolute atomic E-state index is 13.0. The molecular formula is C16H26ClFN2O. The van der Waals surface area contributed by atoms with Gasteiger partial charge < -0.3 is 11.1 Å². The molecule has 3 nitrogen and oxygen atoms in total. The molecule has 0 radical (unpaired) electrons. The third-order valence-electron chi connectivity index (χ3n) is 3.29. The Kier molecular flexibility index (Phi) is 7.90. The van der Waals surface area contributed by atoms with E-state index < -0.39 is 6.04 Å². The molecular weight excluding hydrogens is 291 g/mol. The molecule has 0 heterocycles. The molecule has 0 spiro atoms. The number of halogens is 2. The van der Waals surface area contributed by atoms with E-state index in [0.717, 1.165) is 12.0 Å². The van der Waals surface area contributed by atoms with Gasteiger partial charge in [0.25, 0.3) is 0 Å². The summed E-state index contributed by atoms with van der Waals surface area (Å²) in [5.74, 6) is -0.438. The van der Waals surface area contributed by atoms with Crippen molar-refractivity contribution >= 4 is 18.3 Å². The van der Waals surface area contributed by atoms with Crippen molar-refractivity contribution in [1.29, 1.82) is 0 Å². The zero-order valence-corrected chi connectivity index (χ0v) is 14.0. The van der Waals surface area contributed by atoms with E-state index in [4.69, 9.17) is 5.73 Å². The molecule has 1 amide bonds. The lowest BCUT2D eigenvalue weighted by Crippen LogP contribution is -2.45. The predicted molar refractivity (Wildman–Crippen MR) is 86.9 cm³/mol. The zero-order chi connectivity index (χ0) is 15.3. The van der Waals surface area contributed by atoms with Gasteiger partial charge in [-0.2, -0.15) is 0 Å². The van der Waals surface area contributed by atoms with E-state index in [-0.39, 0.29) is 35.6 Å². The molecule has 3 N–H and O–H groups in total. The fourth-order valence-electron chi connectivity index (χ4n) is 2.15. The van der Waals surface area contributed by atoms with E-state index in [1.807, 2.05) is 27.7 Å². The first-order chi connectivity index (χ1) is 9.25. The van der Waals surface area contributed by atoms with Crippen molar-refractivity contribution < 1.29 is 9.18 Å². The van der Waals surface area contributed by atoms with Crippen LogP contribution in [0.1, 0.15) is 52.1 Å². The van der Waals surface area contributed by atoms with E-state index in [9.17, 15) is 9.18 Å². The molecule has 0 saturated carbocycles. The topological polar surface area (TPSA) is 55.1 Å². The number of benzene rings is 1. The van der Waals surface area contributed by atoms with Crippen molar-refractivity contribution in [2.45, 2.75) is 52.6 Å². The molecule has 0 bridgehead atoms. The highest BCUT2D eigenvalue weighted by Crippen LogP contribution is 2.32. The van der Waals surface area contributed by atoms with Gasteiger partial charge in [-0.15, -0.1) is 12.4 Å². The molecule has 0 saturated heterocycles. The molecule has 1 aromatic carbocycles. The van der Waals surface area contributed by atoms with E-state index in [2.05, 4.69) is 5.32 Å². The lowest BCUT2D eigenvalue weighted by molar-refractivity contribution is -0.124. The highest BCUT2D eigenvalue weighted by molar-refractivity contribution is 5.85. The molecule has 0 aliphatic rings. The van der Waals surface area contributed by atoms with Crippen LogP contribution in [0.25, 0.3) is 0 Å². The number of amides is 1. The number of nitrogens with one attached hydrogen (secondary N) is 1. The number of hydrogen-bond donors (Lipinski definition) is 2. The van der Waals surface area contributed by atoms with Crippen molar-refractivity contribution in [1.82, 2.24) is 5.32 Å². The summed E-state index contributed by atoms with van der Waals surface area (Å²) in [4.78, 5) is 12.1. The van der Waals surface area contributed by atoms with Gasteiger partial charge in [0.2, 0.25) is 5.91 Å². The van der Waals surface area contributed by atoms with Crippen LogP contribution in [0.3, 0.4) is 0 Å². The molecule has 0 aliphatic heterocycles. The summed E-state index contributed by atoms with van der Waals surface area (Å²) in [6.45, 7) is 8.10. The van der Waals surface area contributed by atoms with Gasteiger partial charge in [0.15, 0.2) is 0 Å². The summed E-state index contributed by atoms with van der Waals surface area (Å²) in [7, 11) is 0. The number of hydrogen-bond acceptors (Lipinski definition) is 2. The number of carbonyl (C=O) groups excluding carboxylic acids is 1. The van der Waals surface area contributed by atoms with Crippen molar-refractivity contribution in [2.75, 3.05) is 0 Å². The second-order valence-electron chi connectivity index (χ2n) is 6.25. The lowest BCUT2D eigenvalue weighted by atomic mass is 9.82. The lowest BCUT2D eigenvalue weighted by Gasteiger charge is -2.32. The quantitative estimate of drug-likeness (QED) is 0.872. The maximum Gasteiger partial charge on any atom is 0.237 e. The van der Waals surface area contributed by atoms with Crippen molar-refractivity contribution in [3.8, 4) is 0 Å². The van der Waals surface area contributed by atoms with Crippen LogP contribution in [0.15, 0.2) is 24.3 Å². The molecule has 2 unspecified atom stereocenters. The Hall–Kier alpha value is -1.13. The van der Waals surface area contributed by atoms with E-state index in [0.29, 0.717) is 6.42 Å². The highest BCUT2D eigenvalue weighted by atomic mass is 35.5. The van der Waals surface area contributed by atoms with Gasteiger partial charge in [-0.05, 0) is 29.5 Å². The Morgan fingerprint density at radius 2 is 1.81 bits per heavy atom. The van der Waals surface area contributed by atoms with Crippen molar-refractivity contribution in [3.63, 3.8) is 0 Å². The standard InChI is InChI=1S/C16H25FN2O.ClH/c1-5-6-13(18)15(20)19-14(16(2,3)4)11-7-9-12(17)10-8-11;/h7-10,13-14H,5-6,18H2,1-4H3,(H,19,20);1H. The third-order valence-corrected chi connectivity index (χ3v) is 3.29. The highest BCUT2D eigenvalue weighted by Gasteiger charge is 2.29. The van der Waals surface area contributed by atoms with Crippen molar-refractivity contribution in [2.24, 2.45) is 11.1 Å². The van der Waals surface area contributed by atoms with Gasteiger partial charge in [-0.25, -0.2) is 4.39 Å². The van der Waals surface area contributed by atoms with Crippen LogP contribution in [0.4, 0.5) is 4.39 Å². The Morgan fingerprint density at radius 1 is 1.29 bits per heavy atom. The van der Waals surface area contributed by atoms with E-state index >= 15 is 0 Å². The third kappa shape index (κ3) is 6.02. The molecule has 0 aliphatic carbocycles. The predicted octanol–water partition coefficient (Wildman–Crippen LogP) is 3.58. The Balaban J connectivity index is 0.00000400.